The number of aryl methyl sites for hydroxylation is 1. The van der Waals surface area contributed by atoms with Crippen molar-refractivity contribution in [2.75, 3.05) is 0 Å². The summed E-state index contributed by atoms with van der Waals surface area (Å²) in [4.78, 5) is 0. The van der Waals surface area contributed by atoms with Crippen LogP contribution in [0.3, 0.4) is 0 Å². The molecule has 0 fully saturated rings. The molecule has 0 aliphatic rings. The number of rotatable bonds is 0. The molecule has 1 aromatic carbocycles. The molecule has 8 heavy (non-hydrogen) atoms. The van der Waals surface area contributed by atoms with Gasteiger partial charge in [-0.2, -0.15) is 0 Å². The van der Waals surface area contributed by atoms with Gasteiger partial charge in [0.25, 0.3) is 0 Å². The van der Waals surface area contributed by atoms with Crippen LogP contribution in [0, 0.1) is 6.92 Å². The largest absolute Gasteiger partial charge is 0.290 e. The maximum absolute atomic E-state index is 10.5. The molecule has 0 unspecified atom stereocenters. The monoisotopic (exact) mass is 107 g/mol. The minimum absolute atomic E-state index is 0.0880. The Morgan fingerprint density at radius 3 is 2.50 bits per heavy atom. The van der Waals surface area contributed by atoms with Crippen molar-refractivity contribution < 1.29 is 5.11 Å². The Morgan fingerprint density at radius 1 is 1.38 bits per heavy atom. The highest BCUT2D eigenvalue weighted by Gasteiger charge is 1.85. The molecule has 0 spiro atoms. The van der Waals surface area contributed by atoms with Crippen LogP contribution >= 0.6 is 0 Å². The summed E-state index contributed by atoms with van der Waals surface area (Å²) >= 11 is 0. The Hall–Kier alpha value is -0.980. The lowest BCUT2D eigenvalue weighted by Gasteiger charge is -1.86. The maximum Gasteiger partial charge on any atom is 0.178 e. The molecular weight excluding hydrogens is 100 g/mol. The molecule has 0 N–H and O–H groups in total. The Bertz CT molecular complexity index is 164. The molecule has 0 saturated heterocycles. The highest BCUT2D eigenvalue weighted by Crippen LogP contribution is 2.09. The SMILES string of the molecule is Cc1cccc([O])c1. The molecular formula is C7H7O. The normalized spacial score (nSPS) is 9.12. The van der Waals surface area contributed by atoms with E-state index < -0.39 is 0 Å². The molecule has 1 radical (unpaired) electrons. The van der Waals surface area contributed by atoms with E-state index in [9.17, 15) is 5.11 Å². The fraction of sp³-hybridized carbons (Fsp3) is 0.143. The fourth-order valence-corrected chi connectivity index (χ4v) is 0.615. The molecule has 0 amide bonds. The number of hydrogen-bond donors (Lipinski definition) is 0. The minimum atomic E-state index is 0.0880. The summed E-state index contributed by atoms with van der Waals surface area (Å²) in [5, 5.41) is 10.5. The smallest absolute Gasteiger partial charge is 0.178 e. The number of hydrogen-bond acceptors (Lipinski definition) is 0. The predicted molar refractivity (Wildman–Crippen MR) is 31.3 cm³/mol. The average Bonchev–Trinajstić information content (AvgIpc) is 1.64. The zero-order valence-corrected chi connectivity index (χ0v) is 4.72. The van der Waals surface area contributed by atoms with E-state index >= 15 is 0 Å². The molecule has 0 saturated carbocycles. The number of benzene rings is 1. The highest BCUT2D eigenvalue weighted by atomic mass is 16.3. The minimum Gasteiger partial charge on any atom is -0.290 e. The maximum atomic E-state index is 10.5. The topological polar surface area (TPSA) is 19.9 Å². The third-order valence-corrected chi connectivity index (χ3v) is 0.990. The van der Waals surface area contributed by atoms with Crippen molar-refractivity contribution in [3.8, 4) is 5.75 Å². The van der Waals surface area contributed by atoms with Gasteiger partial charge in [-0.05, 0) is 24.6 Å². The van der Waals surface area contributed by atoms with Gasteiger partial charge in [0.05, 0.1) is 0 Å². The first-order valence-corrected chi connectivity index (χ1v) is 2.53. The van der Waals surface area contributed by atoms with Crippen LogP contribution in [0.1, 0.15) is 5.56 Å². The lowest BCUT2D eigenvalue weighted by Crippen LogP contribution is -1.65. The third kappa shape index (κ3) is 0.997. The van der Waals surface area contributed by atoms with Crippen LogP contribution in [0.5, 0.6) is 5.75 Å². The second-order valence-corrected chi connectivity index (χ2v) is 1.82. The van der Waals surface area contributed by atoms with Crippen LogP contribution in [0.4, 0.5) is 0 Å². The van der Waals surface area contributed by atoms with E-state index in [-0.39, 0.29) is 5.75 Å². The van der Waals surface area contributed by atoms with E-state index in [1.165, 1.54) is 0 Å². The van der Waals surface area contributed by atoms with Gasteiger partial charge in [-0.3, -0.25) is 5.11 Å². The van der Waals surface area contributed by atoms with Gasteiger partial charge in [-0.1, -0.05) is 12.1 Å². The van der Waals surface area contributed by atoms with E-state index in [1.54, 1.807) is 18.2 Å². The van der Waals surface area contributed by atoms with Crippen LogP contribution in [-0.2, 0) is 5.11 Å². The molecule has 0 atom stereocenters. The van der Waals surface area contributed by atoms with Gasteiger partial charge in [0, 0.05) is 0 Å². The van der Waals surface area contributed by atoms with Crippen molar-refractivity contribution in [2.45, 2.75) is 6.92 Å². The van der Waals surface area contributed by atoms with E-state index in [2.05, 4.69) is 0 Å². The molecule has 1 nitrogen and oxygen atoms in total. The first-order valence-electron chi connectivity index (χ1n) is 2.53. The van der Waals surface area contributed by atoms with Gasteiger partial charge < -0.3 is 0 Å². The highest BCUT2D eigenvalue weighted by molar-refractivity contribution is 5.25. The quantitative estimate of drug-likeness (QED) is 0.484. The van der Waals surface area contributed by atoms with Crippen LogP contribution in [0.15, 0.2) is 24.3 Å². The molecule has 0 heterocycles. The summed E-state index contributed by atoms with van der Waals surface area (Å²) in [5.41, 5.74) is 1.03. The van der Waals surface area contributed by atoms with E-state index in [0.717, 1.165) is 5.56 Å². The molecule has 1 aromatic rings. The van der Waals surface area contributed by atoms with Gasteiger partial charge in [0.15, 0.2) is 5.75 Å². The molecule has 0 aliphatic carbocycles. The van der Waals surface area contributed by atoms with Crippen LogP contribution in [0.25, 0.3) is 0 Å². The molecule has 1 heteroatoms. The van der Waals surface area contributed by atoms with Crippen molar-refractivity contribution in [1.82, 2.24) is 0 Å². The molecule has 0 aromatic heterocycles. The third-order valence-electron chi connectivity index (χ3n) is 0.990. The summed E-state index contributed by atoms with van der Waals surface area (Å²) in [5.74, 6) is 0.0880. The average molecular weight is 107 g/mol. The Morgan fingerprint density at radius 2 is 2.12 bits per heavy atom. The fourth-order valence-electron chi connectivity index (χ4n) is 0.615. The van der Waals surface area contributed by atoms with Gasteiger partial charge in [-0.15, -0.1) is 0 Å². The van der Waals surface area contributed by atoms with Gasteiger partial charge in [0.2, 0.25) is 0 Å². The van der Waals surface area contributed by atoms with Crippen LogP contribution in [0.2, 0.25) is 0 Å². The van der Waals surface area contributed by atoms with Gasteiger partial charge in [0.1, 0.15) is 0 Å². The molecule has 1 rings (SSSR count). The van der Waals surface area contributed by atoms with Crippen molar-refractivity contribution in [3.63, 3.8) is 0 Å². The Kier molecular flexibility index (Phi) is 1.20. The first-order chi connectivity index (χ1) is 3.79. The second-order valence-electron chi connectivity index (χ2n) is 1.82. The predicted octanol–water partition coefficient (Wildman–Crippen LogP) is 2.14. The van der Waals surface area contributed by atoms with E-state index in [0.29, 0.717) is 0 Å². The van der Waals surface area contributed by atoms with E-state index in [1.807, 2.05) is 13.0 Å². The summed E-state index contributed by atoms with van der Waals surface area (Å²) < 4.78 is 0. The van der Waals surface area contributed by atoms with Crippen LogP contribution < -0.4 is 0 Å². The van der Waals surface area contributed by atoms with Crippen molar-refractivity contribution in [2.24, 2.45) is 0 Å². The van der Waals surface area contributed by atoms with E-state index in [4.69, 9.17) is 0 Å². The molecule has 0 bridgehead atoms. The summed E-state index contributed by atoms with van der Waals surface area (Å²) in [6, 6.07) is 6.83. The van der Waals surface area contributed by atoms with Crippen LogP contribution in [-0.4, -0.2) is 0 Å². The first kappa shape index (κ1) is 5.16. The second kappa shape index (κ2) is 1.86. The lowest BCUT2D eigenvalue weighted by molar-refractivity contribution is 0.354. The zero-order valence-electron chi connectivity index (χ0n) is 4.72. The van der Waals surface area contributed by atoms with Crippen molar-refractivity contribution in [3.05, 3.63) is 29.8 Å². The Balaban J connectivity index is 3.08. The molecule has 0 aliphatic heterocycles. The van der Waals surface area contributed by atoms with Gasteiger partial charge in [-0.25, -0.2) is 0 Å². The zero-order chi connectivity index (χ0) is 5.98. The summed E-state index contributed by atoms with van der Waals surface area (Å²) in [6.07, 6.45) is 0. The van der Waals surface area contributed by atoms with Crippen molar-refractivity contribution in [1.29, 1.82) is 0 Å². The van der Waals surface area contributed by atoms with Crippen molar-refractivity contribution >= 4 is 0 Å². The molecule has 41 valence electrons. The van der Waals surface area contributed by atoms with Gasteiger partial charge >= 0.3 is 0 Å². The lowest BCUT2D eigenvalue weighted by atomic mass is 10.2. The summed E-state index contributed by atoms with van der Waals surface area (Å²) in [6.45, 7) is 1.90. The summed E-state index contributed by atoms with van der Waals surface area (Å²) in [7, 11) is 0. The Labute approximate surface area is 48.6 Å². The standard InChI is InChI=1S/C7H7O/c1-6-3-2-4-7(8)5-6/h2-5H,1H3.